The van der Waals surface area contributed by atoms with Crippen molar-refractivity contribution in [1.29, 1.82) is 0 Å². The van der Waals surface area contributed by atoms with Gasteiger partial charge in [0.15, 0.2) is 5.67 Å². The molecule has 1 aliphatic rings. The van der Waals surface area contributed by atoms with Gasteiger partial charge in [-0.25, -0.2) is 4.39 Å². The summed E-state index contributed by atoms with van der Waals surface area (Å²) in [6.45, 7) is 1.11. The van der Waals surface area contributed by atoms with Crippen LogP contribution in [0, 0.1) is 0 Å². The first-order valence-corrected chi connectivity index (χ1v) is 3.22. The van der Waals surface area contributed by atoms with Gasteiger partial charge < -0.3 is 10.1 Å². The zero-order valence-corrected chi connectivity index (χ0v) is 5.60. The van der Waals surface area contributed by atoms with Crippen LogP contribution >= 0.6 is 0 Å². The smallest absolute Gasteiger partial charge is 0.293 e. The van der Waals surface area contributed by atoms with E-state index in [1.165, 1.54) is 0 Å². The average molecular weight is 147 g/mol. The first-order chi connectivity index (χ1) is 4.77. The zero-order chi connectivity index (χ0) is 7.45. The normalized spacial score (nSPS) is 32.1. The van der Waals surface area contributed by atoms with Crippen LogP contribution in [0.4, 0.5) is 4.39 Å². The van der Waals surface area contributed by atoms with E-state index in [0.717, 1.165) is 0 Å². The van der Waals surface area contributed by atoms with Crippen LogP contribution in [0.15, 0.2) is 0 Å². The molecule has 0 aromatic heterocycles. The molecule has 0 aromatic carbocycles. The van der Waals surface area contributed by atoms with Crippen LogP contribution in [0.5, 0.6) is 0 Å². The van der Waals surface area contributed by atoms with E-state index in [-0.39, 0.29) is 13.1 Å². The van der Waals surface area contributed by atoms with E-state index in [1.807, 2.05) is 0 Å². The molecule has 1 heterocycles. The molecule has 58 valence electrons. The Labute approximate surface area is 58.5 Å². The summed E-state index contributed by atoms with van der Waals surface area (Å²) in [5.41, 5.74) is -1.32. The predicted molar refractivity (Wildman–Crippen MR) is 33.3 cm³/mol. The van der Waals surface area contributed by atoms with Crippen molar-refractivity contribution >= 4 is 6.47 Å². The van der Waals surface area contributed by atoms with Gasteiger partial charge in [-0.3, -0.25) is 4.79 Å². The number of ether oxygens (including phenoxy) is 1. The quantitative estimate of drug-likeness (QED) is 0.565. The van der Waals surface area contributed by atoms with Crippen LogP contribution in [0.1, 0.15) is 6.42 Å². The first kappa shape index (κ1) is 7.47. The number of carbonyl (C=O) groups is 1. The van der Waals surface area contributed by atoms with Gasteiger partial charge in [-0.05, 0) is 13.0 Å². The minimum absolute atomic E-state index is 0.122. The second-order valence-corrected chi connectivity index (χ2v) is 2.48. The number of nitrogens with one attached hydrogen (secondary N) is 1. The van der Waals surface area contributed by atoms with Crippen molar-refractivity contribution < 1.29 is 13.9 Å². The van der Waals surface area contributed by atoms with Gasteiger partial charge in [0.1, 0.15) is 6.61 Å². The van der Waals surface area contributed by atoms with Gasteiger partial charge >= 0.3 is 0 Å². The molecule has 0 radical (unpaired) electrons. The third kappa shape index (κ3) is 1.67. The van der Waals surface area contributed by atoms with Crippen LogP contribution in [0.3, 0.4) is 0 Å². The Morgan fingerprint density at radius 1 is 1.80 bits per heavy atom. The average Bonchev–Trinajstić information content (AvgIpc) is 2.33. The maximum Gasteiger partial charge on any atom is 0.293 e. The van der Waals surface area contributed by atoms with Crippen LogP contribution in [0.2, 0.25) is 0 Å². The van der Waals surface area contributed by atoms with E-state index in [0.29, 0.717) is 19.5 Å². The Morgan fingerprint density at radius 2 is 2.60 bits per heavy atom. The molecule has 0 spiro atoms. The molecule has 3 nitrogen and oxygen atoms in total. The van der Waals surface area contributed by atoms with Crippen LogP contribution in [0.25, 0.3) is 0 Å². The third-order valence-electron chi connectivity index (χ3n) is 1.60. The molecule has 1 fully saturated rings. The van der Waals surface area contributed by atoms with Crippen molar-refractivity contribution in [3.8, 4) is 0 Å². The highest BCUT2D eigenvalue weighted by Crippen LogP contribution is 2.19. The Kier molecular flexibility index (Phi) is 2.21. The predicted octanol–water partition coefficient (Wildman–Crippen LogP) is -0.139. The van der Waals surface area contributed by atoms with Crippen molar-refractivity contribution in [3.63, 3.8) is 0 Å². The van der Waals surface area contributed by atoms with Crippen molar-refractivity contribution in [3.05, 3.63) is 0 Å². The van der Waals surface area contributed by atoms with Gasteiger partial charge in [-0.2, -0.15) is 0 Å². The van der Waals surface area contributed by atoms with Gasteiger partial charge in [-0.1, -0.05) is 0 Å². The summed E-state index contributed by atoms with van der Waals surface area (Å²) in [5, 5.41) is 2.85. The molecule has 0 bridgehead atoms. The number of rotatable bonds is 3. The third-order valence-corrected chi connectivity index (χ3v) is 1.60. The van der Waals surface area contributed by atoms with Gasteiger partial charge in [0.25, 0.3) is 6.47 Å². The Hall–Kier alpha value is -0.640. The van der Waals surface area contributed by atoms with Gasteiger partial charge in [-0.15, -0.1) is 0 Å². The highest BCUT2D eigenvalue weighted by molar-refractivity contribution is 5.37. The second kappa shape index (κ2) is 2.96. The molecule has 4 heteroatoms. The van der Waals surface area contributed by atoms with Gasteiger partial charge in [0.05, 0.1) is 0 Å². The summed E-state index contributed by atoms with van der Waals surface area (Å²) < 4.78 is 17.5. The maximum atomic E-state index is 13.2. The van der Waals surface area contributed by atoms with Crippen molar-refractivity contribution in [2.24, 2.45) is 0 Å². The van der Waals surface area contributed by atoms with Crippen LogP contribution in [-0.4, -0.2) is 31.8 Å². The second-order valence-electron chi connectivity index (χ2n) is 2.48. The highest BCUT2D eigenvalue weighted by atomic mass is 19.1. The fourth-order valence-electron chi connectivity index (χ4n) is 1.02. The molecule has 1 rings (SSSR count). The monoisotopic (exact) mass is 147 g/mol. The summed E-state index contributed by atoms with van der Waals surface area (Å²) in [5.74, 6) is 0. The number of alkyl halides is 1. The van der Waals surface area contributed by atoms with E-state index >= 15 is 0 Å². The lowest BCUT2D eigenvalue weighted by Gasteiger charge is -2.15. The van der Waals surface area contributed by atoms with Crippen LogP contribution < -0.4 is 5.32 Å². The lowest BCUT2D eigenvalue weighted by molar-refractivity contribution is -0.132. The standard InChI is InChI=1S/C6H10FNO2/c7-6(4-10-5-9)1-2-8-3-6/h5,8H,1-4H2. The number of hydrogen-bond donors (Lipinski definition) is 1. The molecule has 1 unspecified atom stereocenters. The molecular formula is C6H10FNO2. The Morgan fingerprint density at radius 3 is 3.10 bits per heavy atom. The topological polar surface area (TPSA) is 38.3 Å². The van der Waals surface area contributed by atoms with Crippen molar-refractivity contribution in [2.45, 2.75) is 12.1 Å². The molecule has 0 amide bonds. The SMILES string of the molecule is O=COCC1(F)CCNC1. The van der Waals surface area contributed by atoms with E-state index in [9.17, 15) is 9.18 Å². The van der Waals surface area contributed by atoms with E-state index in [2.05, 4.69) is 10.1 Å². The lowest BCUT2D eigenvalue weighted by Crippen LogP contribution is -2.31. The molecule has 1 atom stereocenters. The zero-order valence-electron chi connectivity index (χ0n) is 5.60. The molecule has 1 saturated heterocycles. The lowest BCUT2D eigenvalue weighted by atomic mass is 10.1. The fraction of sp³-hybridized carbons (Fsp3) is 0.833. The summed E-state index contributed by atoms with van der Waals surface area (Å²) in [6, 6.07) is 0. The molecule has 10 heavy (non-hydrogen) atoms. The first-order valence-electron chi connectivity index (χ1n) is 3.22. The highest BCUT2D eigenvalue weighted by Gasteiger charge is 2.34. The molecule has 1 N–H and O–H groups in total. The largest absolute Gasteiger partial charge is 0.464 e. The molecular weight excluding hydrogens is 137 g/mol. The summed E-state index contributed by atoms with van der Waals surface area (Å²) in [6.07, 6.45) is 0.431. The number of carbonyl (C=O) groups excluding carboxylic acids is 1. The Bertz CT molecular complexity index is 123. The number of hydrogen-bond acceptors (Lipinski definition) is 3. The Balaban J connectivity index is 2.28. The van der Waals surface area contributed by atoms with Crippen LogP contribution in [-0.2, 0) is 9.53 Å². The van der Waals surface area contributed by atoms with E-state index < -0.39 is 5.67 Å². The van der Waals surface area contributed by atoms with Gasteiger partial charge in [0.2, 0.25) is 0 Å². The number of halogens is 1. The van der Waals surface area contributed by atoms with E-state index in [1.54, 1.807) is 0 Å². The maximum absolute atomic E-state index is 13.2. The summed E-state index contributed by atoms with van der Waals surface area (Å²) in [7, 11) is 0. The molecule has 0 aromatic rings. The minimum Gasteiger partial charge on any atom is -0.464 e. The molecule has 0 saturated carbocycles. The fourth-order valence-corrected chi connectivity index (χ4v) is 1.02. The molecule has 1 aliphatic heterocycles. The summed E-state index contributed by atoms with van der Waals surface area (Å²) >= 11 is 0. The van der Waals surface area contributed by atoms with Crippen molar-refractivity contribution in [2.75, 3.05) is 19.7 Å². The minimum atomic E-state index is -1.32. The van der Waals surface area contributed by atoms with Crippen molar-refractivity contribution in [1.82, 2.24) is 5.32 Å². The van der Waals surface area contributed by atoms with E-state index in [4.69, 9.17) is 0 Å². The molecule has 0 aliphatic carbocycles. The van der Waals surface area contributed by atoms with Gasteiger partial charge in [0, 0.05) is 6.54 Å². The summed E-state index contributed by atoms with van der Waals surface area (Å²) in [4.78, 5) is 9.69.